The predicted octanol–water partition coefficient (Wildman–Crippen LogP) is 6.51. The molecule has 184 valence electrons. The molecule has 1 amide bonds. The molecular formula is C29H24ClN5OS. The molecule has 0 atom stereocenters. The predicted molar refractivity (Wildman–Crippen MR) is 148 cm³/mol. The third kappa shape index (κ3) is 6.07. The van der Waals surface area contributed by atoms with Crippen LogP contribution in [0.5, 0.6) is 0 Å². The van der Waals surface area contributed by atoms with Crippen LogP contribution in [0.15, 0.2) is 102 Å². The Bertz CT molecular complexity index is 1500. The van der Waals surface area contributed by atoms with Gasteiger partial charge >= 0.3 is 0 Å². The average molecular weight is 526 g/mol. The van der Waals surface area contributed by atoms with Crippen molar-refractivity contribution in [3.8, 4) is 17.1 Å². The number of pyridine rings is 1. The zero-order valence-electron chi connectivity index (χ0n) is 20.1. The minimum atomic E-state index is -0.112. The van der Waals surface area contributed by atoms with E-state index in [0.29, 0.717) is 22.9 Å². The fourth-order valence-corrected chi connectivity index (χ4v) is 4.88. The quantitative estimate of drug-likeness (QED) is 0.234. The number of aromatic nitrogens is 4. The Kier molecular flexibility index (Phi) is 7.63. The summed E-state index contributed by atoms with van der Waals surface area (Å²) in [4.78, 5) is 16.5. The molecule has 5 rings (SSSR count). The van der Waals surface area contributed by atoms with Crippen molar-refractivity contribution in [3.05, 3.63) is 125 Å². The van der Waals surface area contributed by atoms with Crippen LogP contribution < -0.4 is 5.32 Å². The van der Waals surface area contributed by atoms with Gasteiger partial charge in [0.1, 0.15) is 0 Å². The van der Waals surface area contributed by atoms with Gasteiger partial charge in [-0.25, -0.2) is 0 Å². The number of nitrogens with zero attached hydrogens (tertiary/aromatic N) is 4. The first kappa shape index (κ1) is 24.7. The maximum absolute atomic E-state index is 12.5. The second-order valence-corrected chi connectivity index (χ2v) is 9.89. The summed E-state index contributed by atoms with van der Waals surface area (Å²) >= 11 is 7.89. The lowest BCUT2D eigenvalue weighted by Gasteiger charge is -2.11. The van der Waals surface area contributed by atoms with Gasteiger partial charge in [0.25, 0.3) is 5.91 Å². The van der Waals surface area contributed by atoms with Gasteiger partial charge in [0.2, 0.25) is 0 Å². The van der Waals surface area contributed by atoms with E-state index in [1.165, 1.54) is 5.56 Å². The van der Waals surface area contributed by atoms with Crippen LogP contribution in [-0.2, 0) is 12.3 Å². The van der Waals surface area contributed by atoms with E-state index in [9.17, 15) is 4.79 Å². The molecule has 0 bridgehead atoms. The van der Waals surface area contributed by atoms with Crippen LogP contribution in [0.3, 0.4) is 0 Å². The van der Waals surface area contributed by atoms with Crippen molar-refractivity contribution in [1.82, 2.24) is 25.1 Å². The number of nitrogens with one attached hydrogen (secondary N) is 1. The van der Waals surface area contributed by atoms with Crippen molar-refractivity contribution < 1.29 is 4.79 Å². The Morgan fingerprint density at radius 2 is 1.68 bits per heavy atom. The number of carbonyl (C=O) groups excluding carboxylic acids is 1. The van der Waals surface area contributed by atoms with Gasteiger partial charge in [-0.15, -0.1) is 10.2 Å². The molecule has 2 heterocycles. The van der Waals surface area contributed by atoms with Gasteiger partial charge in [-0.1, -0.05) is 71.4 Å². The number of benzene rings is 3. The molecule has 0 fully saturated rings. The minimum absolute atomic E-state index is 0.112. The summed E-state index contributed by atoms with van der Waals surface area (Å²) in [5.74, 6) is 1.32. The molecule has 0 aliphatic heterocycles. The third-order valence-corrected chi connectivity index (χ3v) is 7.03. The fraction of sp³-hybridized carbons (Fsp3) is 0.103. The third-order valence-electron chi connectivity index (χ3n) is 5.80. The molecule has 0 saturated carbocycles. The van der Waals surface area contributed by atoms with E-state index in [2.05, 4.69) is 39.6 Å². The van der Waals surface area contributed by atoms with Gasteiger partial charge in [-0.2, -0.15) is 0 Å². The topological polar surface area (TPSA) is 72.7 Å². The van der Waals surface area contributed by atoms with Crippen molar-refractivity contribution in [2.75, 3.05) is 0 Å². The molecule has 6 nitrogen and oxygen atoms in total. The van der Waals surface area contributed by atoms with E-state index >= 15 is 0 Å². The second kappa shape index (κ2) is 11.4. The van der Waals surface area contributed by atoms with E-state index in [4.69, 9.17) is 11.6 Å². The summed E-state index contributed by atoms with van der Waals surface area (Å²) in [5.41, 5.74) is 5.76. The van der Waals surface area contributed by atoms with E-state index in [-0.39, 0.29) is 5.91 Å². The maximum Gasteiger partial charge on any atom is 0.251 e. The Morgan fingerprint density at radius 3 is 2.41 bits per heavy atom. The Hall–Kier alpha value is -3.94. The number of hydrogen-bond donors (Lipinski definition) is 1. The standard InChI is InChI=1S/C29H24ClN5OS/c1-20-5-9-23(10-6-20)27-33-34-29(35(27)26-4-2-3-25(30)17-26)37-19-22-7-11-24(12-8-22)28(36)32-18-21-13-15-31-16-14-21/h2-17H,18-19H2,1H3,(H,32,36). The van der Waals surface area contributed by atoms with Crippen LogP contribution in [0.1, 0.15) is 27.0 Å². The monoisotopic (exact) mass is 525 g/mol. The van der Waals surface area contributed by atoms with Crippen molar-refractivity contribution in [2.24, 2.45) is 0 Å². The molecule has 8 heteroatoms. The van der Waals surface area contributed by atoms with Gasteiger partial charge < -0.3 is 5.32 Å². The normalized spacial score (nSPS) is 10.9. The van der Waals surface area contributed by atoms with Crippen molar-refractivity contribution in [1.29, 1.82) is 0 Å². The van der Waals surface area contributed by atoms with Gasteiger partial charge in [0.05, 0.1) is 5.69 Å². The van der Waals surface area contributed by atoms with Gasteiger partial charge in [-0.05, 0) is 60.5 Å². The first-order valence-electron chi connectivity index (χ1n) is 11.7. The summed E-state index contributed by atoms with van der Waals surface area (Å²) in [7, 11) is 0. The zero-order valence-corrected chi connectivity index (χ0v) is 21.7. The minimum Gasteiger partial charge on any atom is -0.348 e. The Balaban J connectivity index is 1.32. The van der Waals surface area contributed by atoms with E-state index in [1.54, 1.807) is 24.2 Å². The molecular weight excluding hydrogens is 502 g/mol. The highest BCUT2D eigenvalue weighted by molar-refractivity contribution is 7.98. The lowest BCUT2D eigenvalue weighted by Crippen LogP contribution is -2.22. The number of hydrogen-bond acceptors (Lipinski definition) is 5. The molecule has 0 saturated heterocycles. The summed E-state index contributed by atoms with van der Waals surface area (Å²) < 4.78 is 2.03. The highest BCUT2D eigenvalue weighted by atomic mass is 35.5. The average Bonchev–Trinajstić information content (AvgIpc) is 3.36. The number of aryl methyl sites for hydroxylation is 1. The Labute approximate surface area is 224 Å². The van der Waals surface area contributed by atoms with Gasteiger partial charge in [-0.3, -0.25) is 14.3 Å². The van der Waals surface area contributed by atoms with Crippen LogP contribution in [0, 0.1) is 6.92 Å². The first-order chi connectivity index (χ1) is 18.1. The summed E-state index contributed by atoms with van der Waals surface area (Å²) in [5, 5.41) is 13.4. The largest absolute Gasteiger partial charge is 0.348 e. The SMILES string of the molecule is Cc1ccc(-c2nnc(SCc3ccc(C(=O)NCc4ccncc4)cc3)n2-c2cccc(Cl)c2)cc1. The van der Waals surface area contributed by atoms with Crippen molar-refractivity contribution >= 4 is 29.3 Å². The molecule has 3 aromatic carbocycles. The van der Waals surface area contributed by atoms with Crippen LogP contribution in [0.25, 0.3) is 17.1 Å². The summed E-state index contributed by atoms with van der Waals surface area (Å²) in [6.07, 6.45) is 3.43. The van der Waals surface area contributed by atoms with Crippen LogP contribution in [0.2, 0.25) is 5.02 Å². The maximum atomic E-state index is 12.5. The van der Waals surface area contributed by atoms with Crippen molar-refractivity contribution in [2.45, 2.75) is 24.4 Å². The Morgan fingerprint density at radius 1 is 0.919 bits per heavy atom. The lowest BCUT2D eigenvalue weighted by molar-refractivity contribution is 0.0951. The zero-order chi connectivity index (χ0) is 25.6. The van der Waals surface area contributed by atoms with E-state index in [1.807, 2.05) is 77.4 Å². The highest BCUT2D eigenvalue weighted by Gasteiger charge is 2.17. The smallest absolute Gasteiger partial charge is 0.251 e. The molecule has 0 unspecified atom stereocenters. The van der Waals surface area contributed by atoms with Crippen LogP contribution in [0.4, 0.5) is 0 Å². The second-order valence-electron chi connectivity index (χ2n) is 8.51. The number of carbonyl (C=O) groups is 1. The summed E-state index contributed by atoms with van der Waals surface area (Å²) in [6, 6.07) is 27.3. The highest BCUT2D eigenvalue weighted by Crippen LogP contribution is 2.31. The van der Waals surface area contributed by atoms with Crippen LogP contribution >= 0.6 is 23.4 Å². The number of halogens is 1. The molecule has 2 aromatic heterocycles. The summed E-state index contributed by atoms with van der Waals surface area (Å²) in [6.45, 7) is 2.52. The van der Waals surface area contributed by atoms with Crippen LogP contribution in [-0.4, -0.2) is 25.7 Å². The molecule has 5 aromatic rings. The first-order valence-corrected chi connectivity index (χ1v) is 13.1. The molecule has 0 spiro atoms. The van der Waals surface area contributed by atoms with E-state index in [0.717, 1.165) is 33.4 Å². The lowest BCUT2D eigenvalue weighted by atomic mass is 10.1. The van der Waals surface area contributed by atoms with Gasteiger partial charge in [0.15, 0.2) is 11.0 Å². The fourth-order valence-electron chi connectivity index (χ4n) is 3.79. The van der Waals surface area contributed by atoms with Crippen molar-refractivity contribution in [3.63, 3.8) is 0 Å². The van der Waals surface area contributed by atoms with Gasteiger partial charge in [0, 0.05) is 40.8 Å². The van der Waals surface area contributed by atoms with E-state index < -0.39 is 0 Å². The molecule has 0 radical (unpaired) electrons. The number of rotatable bonds is 8. The molecule has 37 heavy (non-hydrogen) atoms. The molecule has 0 aliphatic rings. The molecule has 0 aliphatic carbocycles. The molecule has 1 N–H and O–H groups in total. The number of thioether (sulfide) groups is 1. The number of amides is 1.